The second kappa shape index (κ2) is 29.1. The van der Waals surface area contributed by atoms with Crippen LogP contribution in [0, 0.1) is 0 Å². The van der Waals surface area contributed by atoms with Crippen molar-refractivity contribution in [3.05, 3.63) is 449 Å². The van der Waals surface area contributed by atoms with Crippen LogP contribution < -0.4 is 9.80 Å². The topological polar surface area (TPSA) is 42.6 Å². The van der Waals surface area contributed by atoms with E-state index < -0.39 is 0 Å². The minimum atomic E-state index is 0.834. The smallest absolute Gasteiger partial charge is 0.136 e. The van der Waals surface area contributed by atoms with Gasteiger partial charge in [0.2, 0.25) is 0 Å². The van der Waals surface area contributed by atoms with Crippen molar-refractivity contribution in [1.29, 1.82) is 0 Å². The van der Waals surface area contributed by atoms with Crippen LogP contribution in [0.1, 0.15) is 0 Å². The maximum absolute atomic E-state index is 6.90. The number of aromatic nitrogens is 2. The maximum Gasteiger partial charge on any atom is 0.136 e. The summed E-state index contributed by atoms with van der Waals surface area (Å²) in [5, 5.41) is 9.37. The van der Waals surface area contributed by atoms with E-state index in [1.54, 1.807) is 0 Å². The van der Waals surface area contributed by atoms with Crippen molar-refractivity contribution in [3.8, 4) is 100 Å². The van der Waals surface area contributed by atoms with Gasteiger partial charge in [-0.25, -0.2) is 0 Å². The Morgan fingerprint density at radius 1 is 0.158 bits per heavy atom. The normalized spacial score (nSPS) is 11.7. The molecule has 4 aromatic heterocycles. The van der Waals surface area contributed by atoms with Gasteiger partial charge in [0.15, 0.2) is 0 Å². The van der Waals surface area contributed by atoms with Crippen molar-refractivity contribution in [2.75, 3.05) is 9.80 Å². The van der Waals surface area contributed by atoms with E-state index in [4.69, 9.17) is 8.83 Å². The molecule has 4 heterocycles. The minimum absolute atomic E-state index is 0.834. The Morgan fingerprint density at radius 3 is 0.892 bits per heavy atom. The highest BCUT2D eigenvalue weighted by molar-refractivity contribution is 6.16. The van der Waals surface area contributed by atoms with E-state index in [1.165, 1.54) is 60.3 Å². The molecule has 0 atom stereocenters. The Morgan fingerprint density at radius 2 is 0.450 bits per heavy atom. The third-order valence-electron chi connectivity index (χ3n) is 24.2. The van der Waals surface area contributed by atoms with E-state index in [0.717, 1.165) is 162 Å². The molecule has 19 aromatic carbocycles. The van der Waals surface area contributed by atoms with Gasteiger partial charge in [-0.3, -0.25) is 0 Å². The van der Waals surface area contributed by atoms with E-state index in [0.29, 0.717) is 0 Å². The first-order valence-electron chi connectivity index (χ1n) is 41.0. The van der Waals surface area contributed by atoms with Gasteiger partial charge < -0.3 is 27.8 Å². The Kier molecular flexibility index (Phi) is 16.8. The number of furan rings is 2. The lowest BCUT2D eigenvalue weighted by Crippen LogP contribution is -2.10. The van der Waals surface area contributed by atoms with E-state index in [-0.39, 0.29) is 0 Å². The Labute approximate surface area is 694 Å². The highest BCUT2D eigenvalue weighted by atomic mass is 16.3. The van der Waals surface area contributed by atoms with Gasteiger partial charge >= 0.3 is 0 Å². The highest BCUT2D eigenvalue weighted by Gasteiger charge is 2.23. The highest BCUT2D eigenvalue weighted by Crippen LogP contribution is 2.48. The molecular weight excluding hydrogens is 1460 g/mol. The summed E-state index contributed by atoms with van der Waals surface area (Å²) in [4.78, 5) is 4.75. The van der Waals surface area contributed by atoms with E-state index >= 15 is 0 Å². The van der Waals surface area contributed by atoms with Crippen molar-refractivity contribution in [1.82, 2.24) is 9.13 Å². The molecule has 23 rings (SSSR count). The molecule has 6 nitrogen and oxygen atoms in total. The number of anilines is 6. The molecule has 6 heteroatoms. The van der Waals surface area contributed by atoms with Crippen LogP contribution in [0.3, 0.4) is 0 Å². The predicted molar refractivity (Wildman–Crippen MR) is 503 cm³/mol. The summed E-state index contributed by atoms with van der Waals surface area (Å²) in [5.74, 6) is 0. The SMILES string of the molecule is c1ccc(-c2ccc(-c3ccc(N(c4ccc(-c5ccc(-c6cc(-c7ccccc7-c7cccc(N(c8ccc(-c9ccc(-c%10cccc%11oc%12ccccc%12c%10%11)cc9)cc8)c8ccc(-n9c%10ccccc%10c%10ccccc%109)cc8)c7)cc7oc8ccccc8c67)cc5)cc4)c4ccc(-n5c6ccccc6c6ccccc65)cc4)cc3)cc2)cc1. The average Bonchev–Trinajstić information content (AvgIpc) is 1.56. The Balaban J connectivity index is 0.578. The molecule has 120 heavy (non-hydrogen) atoms. The van der Waals surface area contributed by atoms with Gasteiger partial charge in [-0.2, -0.15) is 0 Å². The zero-order valence-corrected chi connectivity index (χ0v) is 65.3. The zero-order valence-electron chi connectivity index (χ0n) is 65.3. The fourth-order valence-corrected chi connectivity index (χ4v) is 18.4. The quantitative estimate of drug-likeness (QED) is 0.0967. The van der Waals surface area contributed by atoms with Crippen molar-refractivity contribution >= 4 is 122 Å². The van der Waals surface area contributed by atoms with E-state index in [9.17, 15) is 0 Å². The fourth-order valence-electron chi connectivity index (χ4n) is 18.4. The predicted octanol–water partition coefficient (Wildman–Crippen LogP) is 32.0. The summed E-state index contributed by atoms with van der Waals surface area (Å²) in [7, 11) is 0. The van der Waals surface area contributed by atoms with E-state index in [2.05, 4.69) is 456 Å². The van der Waals surface area contributed by atoms with Crippen LogP contribution >= 0.6 is 0 Å². The summed E-state index contributed by atoms with van der Waals surface area (Å²) in [6, 6.07) is 163. The van der Waals surface area contributed by atoms with Gasteiger partial charge in [0.25, 0.3) is 0 Å². The van der Waals surface area contributed by atoms with Gasteiger partial charge in [-0.05, 0) is 241 Å². The first-order chi connectivity index (χ1) is 59.5. The third kappa shape index (κ3) is 12.1. The zero-order chi connectivity index (χ0) is 79.1. The van der Waals surface area contributed by atoms with Crippen molar-refractivity contribution in [3.63, 3.8) is 0 Å². The summed E-state index contributed by atoms with van der Waals surface area (Å²) < 4.78 is 18.0. The number of fused-ring (bicyclic) bond motifs is 12. The molecule has 23 aromatic rings. The molecule has 0 aliphatic carbocycles. The number of rotatable bonds is 16. The van der Waals surface area contributed by atoms with E-state index in [1.807, 2.05) is 12.1 Å². The van der Waals surface area contributed by atoms with Crippen LogP contribution in [0.25, 0.3) is 188 Å². The number of hydrogen-bond donors (Lipinski definition) is 0. The molecule has 0 saturated heterocycles. The van der Waals surface area contributed by atoms with Crippen LogP contribution in [0.5, 0.6) is 0 Å². The number of hydrogen-bond acceptors (Lipinski definition) is 4. The largest absolute Gasteiger partial charge is 0.456 e. The molecule has 0 aliphatic heterocycles. The molecule has 0 amide bonds. The van der Waals surface area contributed by atoms with Crippen LogP contribution in [0.2, 0.25) is 0 Å². The van der Waals surface area contributed by atoms with Crippen LogP contribution in [0.15, 0.2) is 458 Å². The van der Waals surface area contributed by atoms with Crippen LogP contribution in [-0.2, 0) is 0 Å². The summed E-state index contributed by atoms with van der Waals surface area (Å²) >= 11 is 0. The molecular formula is C114H74N4O2. The fraction of sp³-hybridized carbons (Fsp3) is 0. The van der Waals surface area contributed by atoms with Gasteiger partial charge in [0.05, 0.1) is 22.1 Å². The molecule has 0 unspecified atom stereocenters. The summed E-state index contributed by atoms with van der Waals surface area (Å²) in [6.45, 7) is 0. The standard InChI is InChI=1S/C114H74N4O2/c1-2-20-75(21-3-1)76-40-42-77(43-41-76)80-52-58-87(59-53-80)115(90-64-68-92(69-65-90)117-105-33-12-6-26-98(105)99-27-7-13-34-106(99)117)88-60-54-81(55-61-88)79-46-50-84(51-47-79)104-73-86(74-112-114(104)103-31-11-17-38-110(103)120-112)96-25-5-4-24-95(96)85-22-18-23-94(72-85)116(91-66-70-93(71-67-91)118-107-35-14-8-28-100(107)101-29-9-15-36-108(101)118)89-62-56-82(57-63-89)78-44-48-83(49-45-78)97-32-19-39-111-113(97)102-30-10-16-37-109(102)119-111/h1-74H. The third-order valence-corrected chi connectivity index (χ3v) is 24.2. The lowest BCUT2D eigenvalue weighted by Gasteiger charge is -2.27. The molecule has 0 N–H and O–H groups in total. The number of para-hydroxylation sites is 6. The van der Waals surface area contributed by atoms with Gasteiger partial charge in [0.1, 0.15) is 22.3 Å². The molecule has 0 bridgehead atoms. The lowest BCUT2D eigenvalue weighted by atomic mass is 9.90. The maximum atomic E-state index is 6.90. The molecule has 0 saturated carbocycles. The molecule has 0 spiro atoms. The van der Waals surface area contributed by atoms with Crippen molar-refractivity contribution in [2.45, 2.75) is 0 Å². The molecule has 0 aliphatic rings. The van der Waals surface area contributed by atoms with Gasteiger partial charge in [-0.1, -0.05) is 297 Å². The first-order valence-corrected chi connectivity index (χ1v) is 41.0. The monoisotopic (exact) mass is 1530 g/mol. The van der Waals surface area contributed by atoms with Crippen molar-refractivity contribution in [2.24, 2.45) is 0 Å². The Bertz CT molecular complexity index is 7730. The number of benzene rings is 19. The average molecular weight is 1530 g/mol. The first kappa shape index (κ1) is 69.5. The molecule has 562 valence electrons. The summed E-state index contributed by atoms with van der Waals surface area (Å²) in [5.41, 5.74) is 34.7. The number of nitrogens with zero attached hydrogens (tertiary/aromatic N) is 4. The van der Waals surface area contributed by atoms with Crippen molar-refractivity contribution < 1.29 is 8.83 Å². The van der Waals surface area contributed by atoms with Crippen LogP contribution in [-0.4, -0.2) is 9.13 Å². The second-order valence-electron chi connectivity index (χ2n) is 31.0. The molecule has 0 radical (unpaired) electrons. The minimum Gasteiger partial charge on any atom is -0.456 e. The molecule has 0 fully saturated rings. The summed E-state index contributed by atoms with van der Waals surface area (Å²) in [6.07, 6.45) is 0. The van der Waals surface area contributed by atoms with Crippen LogP contribution in [0.4, 0.5) is 34.1 Å². The van der Waals surface area contributed by atoms with Gasteiger partial charge in [0, 0.05) is 88.6 Å². The Hall–Kier alpha value is -16.0. The van der Waals surface area contributed by atoms with Gasteiger partial charge in [-0.15, -0.1) is 0 Å². The lowest BCUT2D eigenvalue weighted by molar-refractivity contribution is 0.668. The second-order valence-corrected chi connectivity index (χ2v) is 31.0.